The molecule has 3 atom stereocenters. The van der Waals surface area contributed by atoms with Gasteiger partial charge in [-0.15, -0.1) is 0 Å². The van der Waals surface area contributed by atoms with E-state index in [1.54, 1.807) is 0 Å². The number of amides is 2. The second kappa shape index (κ2) is 5.63. The molecular formula is C18H23NO2. The fourth-order valence-corrected chi connectivity index (χ4v) is 3.74. The van der Waals surface area contributed by atoms with Crippen molar-refractivity contribution in [3.05, 3.63) is 29.8 Å². The van der Waals surface area contributed by atoms with E-state index in [4.69, 9.17) is 0 Å². The minimum Gasteiger partial charge on any atom is -0.274 e. The zero-order valence-electron chi connectivity index (χ0n) is 12.8. The largest absolute Gasteiger partial charge is 0.274 e. The molecule has 1 heterocycles. The van der Waals surface area contributed by atoms with Crippen LogP contribution in [0.25, 0.3) is 0 Å². The van der Waals surface area contributed by atoms with Crippen LogP contribution in [0.3, 0.4) is 0 Å². The summed E-state index contributed by atoms with van der Waals surface area (Å²) in [4.78, 5) is 26.6. The van der Waals surface area contributed by atoms with Crippen LogP contribution >= 0.6 is 0 Å². The molecule has 0 unspecified atom stereocenters. The minimum absolute atomic E-state index is 0.0137. The topological polar surface area (TPSA) is 37.4 Å². The maximum absolute atomic E-state index is 12.6. The molecule has 1 aliphatic heterocycles. The Balaban J connectivity index is 1.85. The molecule has 0 N–H and O–H groups in total. The van der Waals surface area contributed by atoms with E-state index < -0.39 is 0 Å². The van der Waals surface area contributed by atoms with Crippen LogP contribution in [0.4, 0.5) is 5.69 Å². The Morgan fingerprint density at radius 3 is 2.38 bits per heavy atom. The van der Waals surface area contributed by atoms with E-state index in [1.165, 1.54) is 10.5 Å². The summed E-state index contributed by atoms with van der Waals surface area (Å²) in [7, 11) is 0. The molecule has 0 bridgehead atoms. The van der Waals surface area contributed by atoms with Gasteiger partial charge in [-0.2, -0.15) is 0 Å². The second-order valence-electron chi connectivity index (χ2n) is 6.56. The molecule has 112 valence electrons. The standard InChI is InChI=1S/C18H23NO2/c1-3-4-13-6-8-14(9-7-13)19-17(20)15-10-5-12(2)11-16(15)18(19)21/h6-9,12,15-16H,3-5,10-11H2,1-2H3/t12-,15+,16+/m1/s1. The average molecular weight is 285 g/mol. The molecule has 2 amide bonds. The molecule has 2 fully saturated rings. The lowest BCUT2D eigenvalue weighted by atomic mass is 9.76. The highest BCUT2D eigenvalue weighted by Crippen LogP contribution is 2.42. The minimum atomic E-state index is -0.0865. The first kappa shape index (κ1) is 14.3. The summed E-state index contributed by atoms with van der Waals surface area (Å²) in [5.74, 6) is 0.412. The zero-order valence-corrected chi connectivity index (χ0v) is 12.8. The highest BCUT2D eigenvalue weighted by molar-refractivity contribution is 6.22. The van der Waals surface area contributed by atoms with Crippen molar-refractivity contribution in [2.24, 2.45) is 17.8 Å². The number of hydrogen-bond acceptors (Lipinski definition) is 2. The molecule has 3 nitrogen and oxygen atoms in total. The third kappa shape index (κ3) is 2.50. The summed E-state index contributed by atoms with van der Waals surface area (Å²) in [5.41, 5.74) is 2.00. The molecule has 1 aliphatic carbocycles. The Hall–Kier alpha value is -1.64. The van der Waals surface area contributed by atoms with Gasteiger partial charge in [0.2, 0.25) is 11.8 Å². The van der Waals surface area contributed by atoms with Gasteiger partial charge in [-0.25, -0.2) is 0 Å². The van der Waals surface area contributed by atoms with E-state index in [0.717, 1.165) is 37.8 Å². The number of benzene rings is 1. The van der Waals surface area contributed by atoms with E-state index in [-0.39, 0.29) is 23.7 Å². The predicted octanol–water partition coefficient (Wildman–Crippen LogP) is 3.56. The van der Waals surface area contributed by atoms with Gasteiger partial charge in [0, 0.05) is 0 Å². The van der Waals surface area contributed by atoms with Crippen molar-refractivity contribution in [1.29, 1.82) is 0 Å². The van der Waals surface area contributed by atoms with Crippen molar-refractivity contribution in [2.75, 3.05) is 4.90 Å². The average Bonchev–Trinajstić information content (AvgIpc) is 2.72. The molecular weight excluding hydrogens is 262 g/mol. The molecule has 2 aliphatic rings. The Bertz CT molecular complexity index is 549. The summed E-state index contributed by atoms with van der Waals surface area (Å²) in [5, 5.41) is 0. The van der Waals surface area contributed by atoms with Gasteiger partial charge in [0.25, 0.3) is 0 Å². The fraction of sp³-hybridized carbons (Fsp3) is 0.556. The van der Waals surface area contributed by atoms with E-state index in [0.29, 0.717) is 5.92 Å². The van der Waals surface area contributed by atoms with E-state index >= 15 is 0 Å². The number of carbonyl (C=O) groups excluding carboxylic acids is 2. The van der Waals surface area contributed by atoms with Crippen molar-refractivity contribution < 1.29 is 9.59 Å². The number of anilines is 1. The highest BCUT2D eigenvalue weighted by atomic mass is 16.2. The summed E-state index contributed by atoms with van der Waals surface area (Å²) in [6, 6.07) is 7.90. The first-order valence-corrected chi connectivity index (χ1v) is 8.08. The van der Waals surface area contributed by atoms with Crippen molar-refractivity contribution in [3.8, 4) is 0 Å². The maximum Gasteiger partial charge on any atom is 0.237 e. The lowest BCUT2D eigenvalue weighted by molar-refractivity contribution is -0.122. The van der Waals surface area contributed by atoms with Crippen LogP contribution in [0.2, 0.25) is 0 Å². The second-order valence-corrected chi connectivity index (χ2v) is 6.56. The van der Waals surface area contributed by atoms with E-state index in [9.17, 15) is 9.59 Å². The third-order valence-corrected chi connectivity index (χ3v) is 4.92. The molecule has 0 aromatic heterocycles. The Kier molecular flexibility index (Phi) is 3.83. The fourth-order valence-electron chi connectivity index (χ4n) is 3.74. The molecule has 1 saturated carbocycles. The number of fused-ring (bicyclic) bond motifs is 1. The van der Waals surface area contributed by atoms with Crippen LogP contribution in [0.15, 0.2) is 24.3 Å². The summed E-state index contributed by atoms with van der Waals surface area (Å²) >= 11 is 0. The van der Waals surface area contributed by atoms with Gasteiger partial charge in [-0.3, -0.25) is 14.5 Å². The van der Waals surface area contributed by atoms with Crippen LogP contribution in [0.5, 0.6) is 0 Å². The molecule has 0 radical (unpaired) electrons. The number of nitrogens with zero attached hydrogens (tertiary/aromatic N) is 1. The van der Waals surface area contributed by atoms with Gasteiger partial charge >= 0.3 is 0 Å². The lowest BCUT2D eigenvalue weighted by Gasteiger charge is -2.25. The highest BCUT2D eigenvalue weighted by Gasteiger charge is 2.49. The first-order valence-electron chi connectivity index (χ1n) is 8.08. The Labute approximate surface area is 126 Å². The normalized spacial score (nSPS) is 28.9. The van der Waals surface area contributed by atoms with Gasteiger partial charge in [-0.1, -0.05) is 32.4 Å². The van der Waals surface area contributed by atoms with Crippen LogP contribution in [-0.2, 0) is 16.0 Å². The maximum atomic E-state index is 12.6. The molecule has 1 saturated heterocycles. The van der Waals surface area contributed by atoms with Crippen molar-refractivity contribution in [3.63, 3.8) is 0 Å². The van der Waals surface area contributed by atoms with E-state index in [2.05, 4.69) is 13.8 Å². The zero-order chi connectivity index (χ0) is 15.0. The first-order chi connectivity index (χ1) is 10.1. The predicted molar refractivity (Wildman–Crippen MR) is 82.9 cm³/mol. The van der Waals surface area contributed by atoms with Gasteiger partial charge < -0.3 is 0 Å². The van der Waals surface area contributed by atoms with Gasteiger partial charge in [-0.05, 0) is 49.3 Å². The molecule has 1 aromatic rings. The molecule has 21 heavy (non-hydrogen) atoms. The SMILES string of the molecule is CCCc1ccc(N2C(=O)[C@H]3CC[C@@H](C)C[C@@H]3C2=O)cc1. The lowest BCUT2D eigenvalue weighted by Crippen LogP contribution is -2.30. The van der Waals surface area contributed by atoms with Gasteiger partial charge in [0.15, 0.2) is 0 Å². The summed E-state index contributed by atoms with van der Waals surface area (Å²) in [6.45, 7) is 4.32. The molecule has 0 spiro atoms. The van der Waals surface area contributed by atoms with Crippen molar-refractivity contribution in [1.82, 2.24) is 0 Å². The van der Waals surface area contributed by atoms with Crippen molar-refractivity contribution in [2.45, 2.75) is 46.0 Å². The summed E-state index contributed by atoms with van der Waals surface area (Å²) in [6.07, 6.45) is 4.91. The third-order valence-electron chi connectivity index (χ3n) is 4.92. The van der Waals surface area contributed by atoms with Crippen LogP contribution in [-0.4, -0.2) is 11.8 Å². The van der Waals surface area contributed by atoms with E-state index in [1.807, 2.05) is 24.3 Å². The number of carbonyl (C=O) groups is 2. The van der Waals surface area contributed by atoms with Gasteiger partial charge in [0.05, 0.1) is 17.5 Å². The Morgan fingerprint density at radius 1 is 1.05 bits per heavy atom. The quantitative estimate of drug-likeness (QED) is 0.796. The van der Waals surface area contributed by atoms with Crippen LogP contribution < -0.4 is 4.90 Å². The number of rotatable bonds is 3. The van der Waals surface area contributed by atoms with Gasteiger partial charge in [0.1, 0.15) is 0 Å². The molecule has 3 rings (SSSR count). The van der Waals surface area contributed by atoms with Crippen LogP contribution in [0.1, 0.15) is 45.1 Å². The summed E-state index contributed by atoms with van der Waals surface area (Å²) < 4.78 is 0. The number of aryl methyl sites for hydroxylation is 1. The number of hydrogen-bond donors (Lipinski definition) is 0. The van der Waals surface area contributed by atoms with Crippen molar-refractivity contribution >= 4 is 17.5 Å². The number of imide groups is 1. The molecule has 3 heteroatoms. The smallest absolute Gasteiger partial charge is 0.237 e. The molecule has 1 aromatic carbocycles. The van der Waals surface area contributed by atoms with Crippen LogP contribution in [0, 0.1) is 17.8 Å². The Morgan fingerprint density at radius 2 is 1.71 bits per heavy atom. The monoisotopic (exact) mass is 285 g/mol.